The molecule has 15 heavy (non-hydrogen) atoms. The molecule has 0 spiro atoms. The second kappa shape index (κ2) is 4.75. The molecule has 0 aromatic carbocycles. The number of aliphatic imine (C=N–C) groups is 1. The van der Waals surface area contributed by atoms with E-state index in [0.29, 0.717) is 5.69 Å². The number of nitrogens with zero attached hydrogens (tertiary/aromatic N) is 3. The van der Waals surface area contributed by atoms with Gasteiger partial charge in [0.2, 0.25) is 0 Å². The zero-order valence-electron chi connectivity index (χ0n) is 8.33. The minimum Gasteiger partial charge on any atom is -0.504 e. The Bertz CT molecular complexity index is 348. The Morgan fingerprint density at radius 1 is 1.47 bits per heavy atom. The second-order valence-corrected chi connectivity index (χ2v) is 3.26. The zero-order chi connectivity index (χ0) is 10.5. The average Bonchev–Trinajstić information content (AvgIpc) is 2.29. The van der Waals surface area contributed by atoms with Gasteiger partial charge >= 0.3 is 0 Å². The SMILES string of the molecule is Oc1cnccc1N=CN1CCOCC1. The minimum absolute atomic E-state index is 0.0991. The summed E-state index contributed by atoms with van der Waals surface area (Å²) in [7, 11) is 0. The van der Waals surface area contributed by atoms with Crippen molar-refractivity contribution in [2.75, 3.05) is 26.3 Å². The van der Waals surface area contributed by atoms with Crippen molar-refractivity contribution < 1.29 is 9.84 Å². The van der Waals surface area contributed by atoms with Crippen LogP contribution in [-0.4, -0.2) is 47.6 Å². The third kappa shape index (κ3) is 2.66. The predicted molar refractivity (Wildman–Crippen MR) is 56.4 cm³/mol. The molecule has 1 saturated heterocycles. The molecule has 0 atom stereocenters. The third-order valence-corrected chi connectivity index (χ3v) is 2.18. The number of hydrogen-bond acceptors (Lipinski definition) is 4. The molecule has 1 aliphatic rings. The highest BCUT2D eigenvalue weighted by Gasteiger charge is 2.06. The topological polar surface area (TPSA) is 58.0 Å². The van der Waals surface area contributed by atoms with E-state index in [1.54, 1.807) is 18.6 Å². The summed E-state index contributed by atoms with van der Waals surface area (Å²) in [5.41, 5.74) is 0.538. The summed E-state index contributed by atoms with van der Waals surface area (Å²) in [5.74, 6) is 0.0991. The second-order valence-electron chi connectivity index (χ2n) is 3.26. The molecule has 1 aliphatic heterocycles. The molecule has 0 bridgehead atoms. The van der Waals surface area contributed by atoms with Gasteiger partial charge in [-0.25, -0.2) is 4.99 Å². The number of hydrogen-bond donors (Lipinski definition) is 1. The van der Waals surface area contributed by atoms with Crippen molar-refractivity contribution >= 4 is 12.0 Å². The van der Waals surface area contributed by atoms with E-state index in [1.807, 2.05) is 0 Å². The van der Waals surface area contributed by atoms with E-state index >= 15 is 0 Å². The number of morpholine rings is 1. The molecule has 0 aliphatic carbocycles. The van der Waals surface area contributed by atoms with E-state index in [0.717, 1.165) is 26.3 Å². The first-order valence-corrected chi connectivity index (χ1v) is 4.85. The van der Waals surface area contributed by atoms with Crippen molar-refractivity contribution in [3.63, 3.8) is 0 Å². The van der Waals surface area contributed by atoms with E-state index in [9.17, 15) is 5.11 Å². The Balaban J connectivity index is 2.01. The molecular weight excluding hydrogens is 194 g/mol. The van der Waals surface area contributed by atoms with Crippen LogP contribution in [0.25, 0.3) is 0 Å². The molecule has 2 heterocycles. The fraction of sp³-hybridized carbons (Fsp3) is 0.400. The molecule has 80 valence electrons. The normalized spacial score (nSPS) is 17.2. The summed E-state index contributed by atoms with van der Waals surface area (Å²) in [5, 5.41) is 9.42. The van der Waals surface area contributed by atoms with Gasteiger partial charge in [0.1, 0.15) is 5.69 Å². The number of ether oxygens (including phenoxy) is 1. The molecule has 5 nitrogen and oxygen atoms in total. The predicted octanol–water partition coefficient (Wildman–Crippen LogP) is 0.779. The van der Waals surface area contributed by atoms with Crippen LogP contribution in [0.5, 0.6) is 5.75 Å². The highest BCUT2D eigenvalue weighted by atomic mass is 16.5. The van der Waals surface area contributed by atoms with Crippen LogP contribution in [0.15, 0.2) is 23.5 Å². The lowest BCUT2D eigenvalue weighted by atomic mass is 10.4. The molecule has 1 fully saturated rings. The number of aromatic hydroxyl groups is 1. The van der Waals surface area contributed by atoms with Crippen LogP contribution < -0.4 is 0 Å². The first-order valence-electron chi connectivity index (χ1n) is 4.85. The Hall–Kier alpha value is -1.62. The summed E-state index contributed by atoms with van der Waals surface area (Å²) >= 11 is 0. The average molecular weight is 207 g/mol. The van der Waals surface area contributed by atoms with E-state index in [2.05, 4.69) is 14.9 Å². The summed E-state index contributed by atoms with van der Waals surface area (Å²) in [6, 6.07) is 1.67. The zero-order valence-corrected chi connectivity index (χ0v) is 8.33. The van der Waals surface area contributed by atoms with Gasteiger partial charge in [0.15, 0.2) is 5.75 Å². The van der Waals surface area contributed by atoms with Crippen molar-refractivity contribution in [1.82, 2.24) is 9.88 Å². The van der Waals surface area contributed by atoms with E-state index < -0.39 is 0 Å². The van der Waals surface area contributed by atoms with Crippen molar-refractivity contribution in [2.45, 2.75) is 0 Å². The molecule has 1 aromatic rings. The van der Waals surface area contributed by atoms with Gasteiger partial charge in [-0.3, -0.25) is 4.98 Å². The van der Waals surface area contributed by atoms with Crippen LogP contribution in [0.2, 0.25) is 0 Å². The van der Waals surface area contributed by atoms with Crippen molar-refractivity contribution in [1.29, 1.82) is 0 Å². The Labute approximate surface area is 88.0 Å². The van der Waals surface area contributed by atoms with E-state index in [4.69, 9.17) is 4.74 Å². The molecule has 0 amide bonds. The molecule has 0 unspecified atom stereocenters. The summed E-state index contributed by atoms with van der Waals surface area (Å²) in [6.07, 6.45) is 4.72. The van der Waals surface area contributed by atoms with Crippen LogP contribution in [0.3, 0.4) is 0 Å². The van der Waals surface area contributed by atoms with Crippen molar-refractivity contribution in [3.05, 3.63) is 18.5 Å². The Morgan fingerprint density at radius 2 is 2.27 bits per heavy atom. The van der Waals surface area contributed by atoms with Gasteiger partial charge in [0.25, 0.3) is 0 Å². The van der Waals surface area contributed by atoms with Crippen LogP contribution in [0.1, 0.15) is 0 Å². The van der Waals surface area contributed by atoms with Gasteiger partial charge in [0.05, 0.1) is 25.7 Å². The molecule has 0 radical (unpaired) electrons. The largest absolute Gasteiger partial charge is 0.504 e. The standard InChI is InChI=1S/C10H13N3O2/c14-10-7-11-2-1-9(10)12-8-13-3-5-15-6-4-13/h1-2,7-8,14H,3-6H2. The van der Waals surface area contributed by atoms with Gasteiger partial charge in [0, 0.05) is 19.3 Å². The van der Waals surface area contributed by atoms with E-state index in [-0.39, 0.29) is 5.75 Å². The quantitative estimate of drug-likeness (QED) is 0.575. The lowest BCUT2D eigenvalue weighted by molar-refractivity contribution is 0.0701. The first kappa shape index (κ1) is 9.92. The minimum atomic E-state index is 0.0991. The molecule has 5 heteroatoms. The highest BCUT2D eigenvalue weighted by Crippen LogP contribution is 2.23. The fourth-order valence-electron chi connectivity index (χ4n) is 1.32. The maximum atomic E-state index is 9.42. The van der Waals surface area contributed by atoms with Gasteiger partial charge in [-0.15, -0.1) is 0 Å². The number of aromatic nitrogens is 1. The lowest BCUT2D eigenvalue weighted by Gasteiger charge is -2.24. The maximum Gasteiger partial charge on any atom is 0.159 e. The lowest BCUT2D eigenvalue weighted by Crippen LogP contribution is -2.34. The maximum absolute atomic E-state index is 9.42. The van der Waals surface area contributed by atoms with Crippen LogP contribution in [-0.2, 0) is 4.74 Å². The first-order chi connectivity index (χ1) is 7.36. The summed E-state index contributed by atoms with van der Waals surface area (Å²) in [6.45, 7) is 3.15. The summed E-state index contributed by atoms with van der Waals surface area (Å²) < 4.78 is 5.21. The van der Waals surface area contributed by atoms with Crippen LogP contribution in [0, 0.1) is 0 Å². The number of rotatable bonds is 2. The third-order valence-electron chi connectivity index (χ3n) is 2.18. The monoisotopic (exact) mass is 207 g/mol. The van der Waals surface area contributed by atoms with Gasteiger partial charge in [-0.05, 0) is 6.07 Å². The van der Waals surface area contributed by atoms with Crippen molar-refractivity contribution in [2.24, 2.45) is 4.99 Å². The summed E-state index contributed by atoms with van der Waals surface area (Å²) in [4.78, 5) is 10.0. The molecule has 1 N–H and O–H groups in total. The fourth-order valence-corrected chi connectivity index (χ4v) is 1.32. The van der Waals surface area contributed by atoms with E-state index in [1.165, 1.54) is 6.20 Å². The molecule has 1 aromatic heterocycles. The Morgan fingerprint density at radius 3 is 3.00 bits per heavy atom. The molecule has 0 saturated carbocycles. The van der Waals surface area contributed by atoms with Gasteiger partial charge in [-0.1, -0.05) is 0 Å². The highest BCUT2D eigenvalue weighted by molar-refractivity contribution is 5.64. The van der Waals surface area contributed by atoms with Crippen molar-refractivity contribution in [3.8, 4) is 5.75 Å². The Kier molecular flexibility index (Phi) is 3.14. The number of pyridine rings is 1. The van der Waals surface area contributed by atoms with Crippen LogP contribution >= 0.6 is 0 Å². The van der Waals surface area contributed by atoms with Gasteiger partial charge in [-0.2, -0.15) is 0 Å². The molecular formula is C10H13N3O2. The smallest absolute Gasteiger partial charge is 0.159 e. The van der Waals surface area contributed by atoms with Crippen LogP contribution in [0.4, 0.5) is 5.69 Å². The van der Waals surface area contributed by atoms with Gasteiger partial charge < -0.3 is 14.7 Å². The molecule has 2 rings (SSSR count).